The second-order valence-corrected chi connectivity index (χ2v) is 5.03. The highest BCUT2D eigenvalue weighted by Gasteiger charge is 2.22. The van der Waals surface area contributed by atoms with E-state index in [0.717, 1.165) is 0 Å². The molecule has 0 atom stereocenters. The lowest BCUT2D eigenvalue weighted by Crippen LogP contribution is -2.39. The fraction of sp³-hybridized carbons (Fsp3) is 0.750. The Balaban J connectivity index is 4.62. The maximum atomic E-state index is 11.5. The summed E-state index contributed by atoms with van der Waals surface area (Å²) in [5, 5.41) is 8.57. The van der Waals surface area contributed by atoms with E-state index >= 15 is 0 Å². The van der Waals surface area contributed by atoms with Gasteiger partial charge in [0.15, 0.2) is 0 Å². The molecule has 0 radical (unpaired) electrons. The topological polar surface area (TPSA) is 57.6 Å². The first-order valence-electron chi connectivity index (χ1n) is 4.17. The molecule has 0 bridgehead atoms. The molecule has 0 amide bonds. The van der Waals surface area contributed by atoms with Gasteiger partial charge >= 0.3 is 0 Å². The van der Waals surface area contributed by atoms with Crippen molar-refractivity contribution < 1.29 is 13.5 Å². The lowest BCUT2D eigenvalue weighted by molar-refractivity contribution is 0.311. The Morgan fingerprint density at radius 3 is 2.38 bits per heavy atom. The van der Waals surface area contributed by atoms with Gasteiger partial charge in [0.25, 0.3) is 0 Å². The predicted molar refractivity (Wildman–Crippen MR) is 52.9 cm³/mol. The van der Waals surface area contributed by atoms with Crippen LogP contribution in [0.5, 0.6) is 0 Å². The van der Waals surface area contributed by atoms with Crippen LogP contribution in [0.25, 0.3) is 0 Å². The van der Waals surface area contributed by atoms with Crippen molar-refractivity contribution in [1.82, 2.24) is 4.31 Å². The molecule has 13 heavy (non-hydrogen) atoms. The smallest absolute Gasteiger partial charge is 0.216 e. The number of aliphatic hydroxyl groups is 1. The first kappa shape index (κ1) is 12.6. The van der Waals surface area contributed by atoms with Crippen LogP contribution in [0, 0.1) is 0 Å². The van der Waals surface area contributed by atoms with Gasteiger partial charge in [-0.25, -0.2) is 8.42 Å². The fourth-order valence-corrected chi connectivity index (χ4v) is 2.45. The summed E-state index contributed by atoms with van der Waals surface area (Å²) in [5.74, 6) is -0.223. The van der Waals surface area contributed by atoms with Crippen LogP contribution in [0.2, 0.25) is 0 Å². The molecule has 78 valence electrons. The molecule has 0 spiro atoms. The van der Waals surface area contributed by atoms with Crippen LogP contribution in [0.1, 0.15) is 13.8 Å². The Morgan fingerprint density at radius 2 is 2.08 bits per heavy atom. The third kappa shape index (κ3) is 3.89. The van der Waals surface area contributed by atoms with Gasteiger partial charge in [-0.05, 0) is 13.8 Å². The summed E-state index contributed by atoms with van der Waals surface area (Å²) in [6.07, 6.45) is 1.54. The summed E-state index contributed by atoms with van der Waals surface area (Å²) in [7, 11) is -3.32. The zero-order valence-electron chi connectivity index (χ0n) is 8.10. The van der Waals surface area contributed by atoms with Gasteiger partial charge in [-0.2, -0.15) is 4.31 Å². The van der Waals surface area contributed by atoms with Gasteiger partial charge in [-0.1, -0.05) is 6.08 Å². The highest BCUT2D eigenvalue weighted by molar-refractivity contribution is 7.89. The number of hydrogen-bond donors (Lipinski definition) is 1. The van der Waals surface area contributed by atoms with Gasteiger partial charge in [-0.15, -0.1) is 6.58 Å². The SMILES string of the molecule is C=CCN(C(C)C)S(=O)(=O)CCO. The van der Waals surface area contributed by atoms with E-state index in [1.54, 1.807) is 13.8 Å². The van der Waals surface area contributed by atoms with E-state index in [1.165, 1.54) is 10.4 Å². The predicted octanol–water partition coefficient (Wildman–Crippen LogP) is 0.205. The normalized spacial score (nSPS) is 12.4. The first-order valence-corrected chi connectivity index (χ1v) is 5.78. The summed E-state index contributed by atoms with van der Waals surface area (Å²) in [4.78, 5) is 0. The van der Waals surface area contributed by atoms with Crippen LogP contribution in [-0.4, -0.2) is 42.8 Å². The van der Waals surface area contributed by atoms with Crippen molar-refractivity contribution >= 4 is 10.0 Å². The minimum absolute atomic E-state index is 0.102. The van der Waals surface area contributed by atoms with E-state index in [0.29, 0.717) is 6.54 Å². The molecule has 0 heterocycles. The molecule has 0 aliphatic rings. The summed E-state index contributed by atoms with van der Waals surface area (Å²) in [6, 6.07) is -0.102. The number of nitrogens with zero attached hydrogens (tertiary/aromatic N) is 1. The van der Waals surface area contributed by atoms with E-state index in [1.807, 2.05) is 0 Å². The van der Waals surface area contributed by atoms with E-state index in [9.17, 15) is 8.42 Å². The van der Waals surface area contributed by atoms with E-state index < -0.39 is 10.0 Å². The fourth-order valence-electron chi connectivity index (χ4n) is 1.01. The zero-order chi connectivity index (χ0) is 10.5. The Hall–Kier alpha value is -0.390. The van der Waals surface area contributed by atoms with Gasteiger partial charge in [0.1, 0.15) is 0 Å². The maximum Gasteiger partial charge on any atom is 0.216 e. The Kier molecular flexibility index (Phi) is 5.20. The molecule has 0 aliphatic carbocycles. The Bertz CT molecular complexity index is 246. The van der Waals surface area contributed by atoms with Crippen molar-refractivity contribution in [3.63, 3.8) is 0 Å². The Morgan fingerprint density at radius 1 is 1.54 bits per heavy atom. The molecule has 4 nitrogen and oxygen atoms in total. The van der Waals surface area contributed by atoms with Gasteiger partial charge in [-0.3, -0.25) is 0 Å². The molecule has 0 unspecified atom stereocenters. The van der Waals surface area contributed by atoms with Crippen LogP contribution in [0.15, 0.2) is 12.7 Å². The van der Waals surface area contributed by atoms with E-state index in [4.69, 9.17) is 5.11 Å². The lowest BCUT2D eigenvalue weighted by Gasteiger charge is -2.23. The number of hydrogen-bond acceptors (Lipinski definition) is 3. The van der Waals surface area contributed by atoms with Crippen molar-refractivity contribution in [1.29, 1.82) is 0 Å². The standard InChI is InChI=1S/C8H17NO3S/c1-4-5-9(8(2)3)13(11,12)7-6-10/h4,8,10H,1,5-7H2,2-3H3. The number of sulfonamides is 1. The van der Waals surface area contributed by atoms with Crippen LogP contribution < -0.4 is 0 Å². The number of rotatable bonds is 6. The highest BCUT2D eigenvalue weighted by atomic mass is 32.2. The molecule has 1 N–H and O–H groups in total. The van der Waals surface area contributed by atoms with Crippen LogP contribution in [0.4, 0.5) is 0 Å². The zero-order valence-corrected chi connectivity index (χ0v) is 8.92. The molecule has 0 saturated heterocycles. The minimum Gasteiger partial charge on any atom is -0.395 e. The van der Waals surface area contributed by atoms with E-state index in [2.05, 4.69) is 6.58 Å². The van der Waals surface area contributed by atoms with Crippen molar-refractivity contribution in [2.24, 2.45) is 0 Å². The second kappa shape index (κ2) is 5.36. The Labute approximate surface area is 79.9 Å². The van der Waals surface area contributed by atoms with Crippen molar-refractivity contribution in [3.8, 4) is 0 Å². The van der Waals surface area contributed by atoms with Gasteiger partial charge < -0.3 is 5.11 Å². The van der Waals surface area contributed by atoms with Gasteiger partial charge in [0.2, 0.25) is 10.0 Å². The molecule has 0 aromatic carbocycles. The molecular formula is C8H17NO3S. The third-order valence-electron chi connectivity index (χ3n) is 1.59. The van der Waals surface area contributed by atoms with Gasteiger partial charge in [0, 0.05) is 12.6 Å². The largest absolute Gasteiger partial charge is 0.395 e. The third-order valence-corrected chi connectivity index (χ3v) is 3.58. The minimum atomic E-state index is -3.32. The number of aliphatic hydroxyl groups excluding tert-OH is 1. The van der Waals surface area contributed by atoms with Crippen molar-refractivity contribution in [2.75, 3.05) is 18.9 Å². The first-order chi connectivity index (χ1) is 5.95. The van der Waals surface area contributed by atoms with Crippen LogP contribution in [0.3, 0.4) is 0 Å². The van der Waals surface area contributed by atoms with Crippen molar-refractivity contribution in [3.05, 3.63) is 12.7 Å². The molecule has 5 heteroatoms. The average Bonchev–Trinajstić information content (AvgIpc) is 1.99. The monoisotopic (exact) mass is 207 g/mol. The molecule has 0 aliphatic heterocycles. The highest BCUT2D eigenvalue weighted by Crippen LogP contribution is 2.06. The molecule has 0 aromatic heterocycles. The van der Waals surface area contributed by atoms with Crippen LogP contribution in [-0.2, 0) is 10.0 Å². The lowest BCUT2D eigenvalue weighted by atomic mass is 10.4. The average molecular weight is 207 g/mol. The molecular weight excluding hydrogens is 190 g/mol. The van der Waals surface area contributed by atoms with E-state index in [-0.39, 0.29) is 18.4 Å². The molecule has 0 saturated carbocycles. The molecule has 0 fully saturated rings. The second-order valence-electron chi connectivity index (χ2n) is 2.99. The quantitative estimate of drug-likeness (QED) is 0.633. The van der Waals surface area contributed by atoms with Crippen molar-refractivity contribution in [2.45, 2.75) is 19.9 Å². The summed E-state index contributed by atoms with van der Waals surface area (Å²) >= 11 is 0. The molecule has 0 rings (SSSR count). The summed E-state index contributed by atoms with van der Waals surface area (Å²) < 4.78 is 24.3. The van der Waals surface area contributed by atoms with Crippen LogP contribution >= 0.6 is 0 Å². The maximum absolute atomic E-state index is 11.5. The van der Waals surface area contributed by atoms with Gasteiger partial charge in [0.05, 0.1) is 12.4 Å². The summed E-state index contributed by atoms with van der Waals surface area (Å²) in [6.45, 7) is 7.02. The molecule has 0 aromatic rings. The summed E-state index contributed by atoms with van der Waals surface area (Å²) in [5.41, 5.74) is 0.